The van der Waals surface area contributed by atoms with Gasteiger partial charge in [0.25, 0.3) is 0 Å². The van der Waals surface area contributed by atoms with Gasteiger partial charge in [0.2, 0.25) is 0 Å². The van der Waals surface area contributed by atoms with E-state index in [1.165, 1.54) is 5.56 Å². The smallest absolute Gasteiger partial charge is 0.103 e. The Morgan fingerprint density at radius 2 is 1.78 bits per heavy atom. The normalized spacial score (nSPS) is 9.89. The Kier molecular flexibility index (Phi) is 3.69. The quantitative estimate of drug-likeness (QED) is 0.822. The Bertz CT molecular complexity index is 597. The molecule has 0 aromatic heterocycles. The molecule has 0 aliphatic heterocycles. The van der Waals surface area contributed by atoms with Crippen LogP contribution >= 0.6 is 15.9 Å². The first-order chi connectivity index (χ1) is 8.63. The van der Waals surface area contributed by atoms with E-state index < -0.39 is 0 Å². The highest BCUT2D eigenvalue weighted by molar-refractivity contribution is 9.10. The van der Waals surface area contributed by atoms with Crippen LogP contribution in [0.5, 0.6) is 0 Å². The molecule has 0 amide bonds. The summed E-state index contributed by atoms with van der Waals surface area (Å²) in [5, 5.41) is 9.23. The topological polar surface area (TPSA) is 27.0 Å². The number of halogens is 1. The molecule has 2 aromatic rings. The molecule has 18 heavy (non-hydrogen) atoms. The lowest BCUT2D eigenvalue weighted by atomic mass is 10.1. The van der Waals surface area contributed by atoms with Gasteiger partial charge in [-0.2, -0.15) is 5.26 Å². The van der Waals surface area contributed by atoms with Gasteiger partial charge in [-0.1, -0.05) is 23.8 Å². The summed E-state index contributed by atoms with van der Waals surface area (Å²) in [7, 11) is 1.97. The van der Waals surface area contributed by atoms with Crippen molar-refractivity contribution < 1.29 is 0 Å². The highest BCUT2D eigenvalue weighted by atomic mass is 79.9. The Labute approximate surface area is 116 Å². The minimum absolute atomic E-state index is 0.653. The Morgan fingerprint density at radius 3 is 2.39 bits per heavy atom. The van der Waals surface area contributed by atoms with E-state index in [1.807, 2.05) is 30.1 Å². The van der Waals surface area contributed by atoms with Crippen molar-refractivity contribution in [3.63, 3.8) is 0 Å². The molecule has 0 aliphatic rings. The molecule has 3 heteroatoms. The third-order valence-electron chi connectivity index (χ3n) is 2.89. The second kappa shape index (κ2) is 5.24. The number of rotatable bonds is 2. The fourth-order valence-electron chi connectivity index (χ4n) is 1.81. The van der Waals surface area contributed by atoms with E-state index in [9.17, 15) is 5.26 Å². The number of benzene rings is 2. The van der Waals surface area contributed by atoms with Crippen molar-refractivity contribution in [3.05, 3.63) is 58.1 Å². The van der Waals surface area contributed by atoms with E-state index in [-0.39, 0.29) is 0 Å². The Balaban J connectivity index is 2.46. The molecule has 2 nitrogen and oxygen atoms in total. The number of aryl methyl sites for hydroxylation is 1. The van der Waals surface area contributed by atoms with Crippen LogP contribution in [0.2, 0.25) is 0 Å². The average molecular weight is 301 g/mol. The Hall–Kier alpha value is -1.79. The monoisotopic (exact) mass is 300 g/mol. The van der Waals surface area contributed by atoms with Crippen LogP contribution in [0, 0.1) is 18.3 Å². The van der Waals surface area contributed by atoms with E-state index in [2.05, 4.69) is 53.2 Å². The third-order valence-corrected chi connectivity index (χ3v) is 3.55. The third kappa shape index (κ3) is 2.39. The largest absolute Gasteiger partial charge is 0.344 e. The lowest BCUT2D eigenvalue weighted by Crippen LogP contribution is -2.11. The van der Waals surface area contributed by atoms with Crippen molar-refractivity contribution in [2.24, 2.45) is 0 Å². The molecule has 0 aliphatic carbocycles. The van der Waals surface area contributed by atoms with Gasteiger partial charge in [0.1, 0.15) is 6.07 Å². The molecule has 0 fully saturated rings. The molecule has 0 heterocycles. The Morgan fingerprint density at radius 1 is 1.11 bits per heavy atom. The first kappa shape index (κ1) is 12.7. The van der Waals surface area contributed by atoms with Gasteiger partial charge in [-0.25, -0.2) is 0 Å². The van der Waals surface area contributed by atoms with Gasteiger partial charge in [-0.05, 0) is 47.1 Å². The number of anilines is 2. The average Bonchev–Trinajstić information content (AvgIpc) is 2.38. The fraction of sp³-hybridized carbons (Fsp3) is 0.133. The van der Waals surface area contributed by atoms with E-state index in [1.54, 1.807) is 0 Å². The second-order valence-electron chi connectivity index (χ2n) is 4.14. The number of hydrogen-bond donors (Lipinski definition) is 0. The molecular formula is C15H13BrN2. The zero-order valence-corrected chi connectivity index (χ0v) is 11.9. The van der Waals surface area contributed by atoms with Crippen LogP contribution in [-0.2, 0) is 0 Å². The van der Waals surface area contributed by atoms with Crippen molar-refractivity contribution in [3.8, 4) is 6.07 Å². The van der Waals surface area contributed by atoms with Gasteiger partial charge < -0.3 is 4.90 Å². The molecule has 0 saturated heterocycles. The van der Waals surface area contributed by atoms with E-state index >= 15 is 0 Å². The second-order valence-corrected chi connectivity index (χ2v) is 4.99. The van der Waals surface area contributed by atoms with Crippen molar-refractivity contribution in [1.29, 1.82) is 5.26 Å². The molecule has 2 aromatic carbocycles. The van der Waals surface area contributed by atoms with Gasteiger partial charge in [0.05, 0.1) is 11.3 Å². The predicted molar refractivity (Wildman–Crippen MR) is 78.1 cm³/mol. The maximum absolute atomic E-state index is 9.23. The molecule has 0 saturated carbocycles. The van der Waals surface area contributed by atoms with Crippen LogP contribution in [0.4, 0.5) is 11.4 Å². The van der Waals surface area contributed by atoms with E-state index in [4.69, 9.17) is 0 Å². The van der Waals surface area contributed by atoms with Gasteiger partial charge in [0, 0.05) is 17.2 Å². The summed E-state index contributed by atoms with van der Waals surface area (Å²) in [5.74, 6) is 0. The van der Waals surface area contributed by atoms with Crippen LogP contribution in [0.3, 0.4) is 0 Å². The molecular weight excluding hydrogens is 288 g/mol. The standard InChI is InChI=1S/C15H13BrN2/c1-11-6-8-12(9-7-11)18(2)15-5-3-4-14(16)13(15)10-17/h3-9H,1-2H3. The van der Waals surface area contributed by atoms with Gasteiger partial charge >= 0.3 is 0 Å². The lowest BCUT2D eigenvalue weighted by molar-refractivity contribution is 1.19. The summed E-state index contributed by atoms with van der Waals surface area (Å²) in [6.45, 7) is 2.06. The molecule has 0 radical (unpaired) electrons. The van der Waals surface area contributed by atoms with Crippen LogP contribution in [0.25, 0.3) is 0 Å². The summed E-state index contributed by atoms with van der Waals surface area (Å²) in [5.41, 5.74) is 3.84. The van der Waals surface area contributed by atoms with Crippen molar-refractivity contribution in [2.45, 2.75) is 6.92 Å². The molecule has 0 N–H and O–H groups in total. The van der Waals surface area contributed by atoms with Crippen molar-refractivity contribution in [2.75, 3.05) is 11.9 Å². The molecule has 0 bridgehead atoms. The SMILES string of the molecule is Cc1ccc(N(C)c2cccc(Br)c2C#N)cc1. The van der Waals surface area contributed by atoms with Crippen LogP contribution in [0.15, 0.2) is 46.9 Å². The molecule has 0 atom stereocenters. The highest BCUT2D eigenvalue weighted by Gasteiger charge is 2.11. The minimum Gasteiger partial charge on any atom is -0.344 e. The lowest BCUT2D eigenvalue weighted by Gasteiger charge is -2.21. The summed E-state index contributed by atoms with van der Waals surface area (Å²) >= 11 is 3.41. The summed E-state index contributed by atoms with van der Waals surface area (Å²) in [6, 6.07) is 16.2. The molecule has 0 spiro atoms. The predicted octanol–water partition coefficient (Wildman–Crippen LogP) is 4.40. The highest BCUT2D eigenvalue weighted by Crippen LogP contribution is 2.31. The number of hydrogen-bond acceptors (Lipinski definition) is 2. The zero-order valence-electron chi connectivity index (χ0n) is 10.3. The van der Waals surface area contributed by atoms with Crippen molar-refractivity contribution in [1.82, 2.24) is 0 Å². The van der Waals surface area contributed by atoms with Gasteiger partial charge in [-0.15, -0.1) is 0 Å². The molecule has 2 rings (SSSR count). The summed E-state index contributed by atoms with van der Waals surface area (Å²) in [6.07, 6.45) is 0. The van der Waals surface area contributed by atoms with Crippen LogP contribution in [0.1, 0.15) is 11.1 Å². The first-order valence-corrected chi connectivity index (χ1v) is 6.42. The van der Waals surface area contributed by atoms with Gasteiger partial charge in [0.15, 0.2) is 0 Å². The number of nitrogens with zero attached hydrogens (tertiary/aromatic N) is 2. The first-order valence-electron chi connectivity index (χ1n) is 5.62. The van der Waals surface area contributed by atoms with Gasteiger partial charge in [-0.3, -0.25) is 0 Å². The zero-order chi connectivity index (χ0) is 13.1. The number of nitriles is 1. The van der Waals surface area contributed by atoms with Crippen LogP contribution < -0.4 is 4.90 Å². The van der Waals surface area contributed by atoms with E-state index in [0.29, 0.717) is 5.56 Å². The van der Waals surface area contributed by atoms with Crippen molar-refractivity contribution >= 4 is 27.3 Å². The van der Waals surface area contributed by atoms with E-state index in [0.717, 1.165) is 15.8 Å². The minimum atomic E-state index is 0.653. The molecule has 0 unspecified atom stereocenters. The van der Waals surface area contributed by atoms with Crippen LogP contribution in [-0.4, -0.2) is 7.05 Å². The molecule has 90 valence electrons. The fourth-order valence-corrected chi connectivity index (χ4v) is 2.25. The maximum atomic E-state index is 9.23. The summed E-state index contributed by atoms with van der Waals surface area (Å²) in [4.78, 5) is 2.02. The maximum Gasteiger partial charge on any atom is 0.103 e. The summed E-state index contributed by atoms with van der Waals surface area (Å²) < 4.78 is 0.821.